The van der Waals surface area contributed by atoms with Crippen LogP contribution in [-0.4, -0.2) is 20.8 Å². The Labute approximate surface area is 186 Å². The second-order valence-corrected chi connectivity index (χ2v) is 7.30. The van der Waals surface area contributed by atoms with Crippen molar-refractivity contribution in [1.82, 2.24) is 9.88 Å². The molecule has 0 saturated carbocycles. The van der Waals surface area contributed by atoms with E-state index in [0.29, 0.717) is 21.5 Å². The van der Waals surface area contributed by atoms with E-state index in [1.54, 1.807) is 24.4 Å². The van der Waals surface area contributed by atoms with Gasteiger partial charge in [0.15, 0.2) is 5.43 Å². The van der Waals surface area contributed by atoms with Crippen molar-refractivity contribution in [1.29, 1.82) is 0 Å². The molecule has 9 heteroatoms. The number of aromatic nitrogens is 1. The van der Waals surface area contributed by atoms with Crippen molar-refractivity contribution in [2.75, 3.05) is 0 Å². The van der Waals surface area contributed by atoms with E-state index in [2.05, 4.69) is 5.32 Å². The number of para-hydroxylation sites is 1. The summed E-state index contributed by atoms with van der Waals surface area (Å²) in [7, 11) is 0. The summed E-state index contributed by atoms with van der Waals surface area (Å²) in [4.78, 5) is 35.7. The van der Waals surface area contributed by atoms with Crippen molar-refractivity contribution in [3.05, 3.63) is 105 Å². The van der Waals surface area contributed by atoms with Gasteiger partial charge in [-0.15, -0.1) is 0 Å². The highest BCUT2D eigenvalue weighted by molar-refractivity contribution is 6.31. The molecular formula is C23H17ClN3O5+. The molecule has 4 aromatic rings. The number of hydrogen-bond donors (Lipinski definition) is 2. The maximum absolute atomic E-state index is 13.0. The van der Waals surface area contributed by atoms with E-state index in [1.807, 2.05) is 34.9 Å². The van der Waals surface area contributed by atoms with Crippen LogP contribution < -0.4 is 15.5 Å². The molecule has 0 aliphatic heterocycles. The maximum atomic E-state index is 13.0. The number of hydrogen-bond acceptors (Lipinski definition) is 4. The Morgan fingerprint density at radius 1 is 1.06 bits per heavy atom. The highest BCUT2D eigenvalue weighted by atomic mass is 35.5. The molecule has 0 atom stereocenters. The number of benzene rings is 3. The first-order chi connectivity index (χ1) is 15.4. The van der Waals surface area contributed by atoms with Crippen LogP contribution >= 0.6 is 11.6 Å². The van der Waals surface area contributed by atoms with Crippen LogP contribution in [-0.2, 0) is 6.54 Å². The Kier molecular flexibility index (Phi) is 5.87. The number of halogens is 1. The van der Waals surface area contributed by atoms with E-state index in [0.717, 1.165) is 5.69 Å². The van der Waals surface area contributed by atoms with Crippen LogP contribution in [0.1, 0.15) is 5.56 Å². The number of rotatable bonds is 5. The fraction of sp³-hybridized carbons (Fsp3) is 0.0435. The molecule has 1 aromatic heterocycles. The van der Waals surface area contributed by atoms with E-state index >= 15 is 0 Å². The molecule has 0 aliphatic rings. The average Bonchev–Trinajstić information content (AvgIpc) is 2.79. The molecule has 0 spiro atoms. The average molecular weight is 451 g/mol. The zero-order valence-electron chi connectivity index (χ0n) is 16.6. The van der Waals surface area contributed by atoms with Gasteiger partial charge in [0.2, 0.25) is 0 Å². The lowest BCUT2D eigenvalue weighted by Crippen LogP contribution is -2.29. The standard InChI is InChI=1S/C23H16ClN3O5/c24-16-6-11-20-21(12-16)26(17-4-2-1-3-5-17)14-15(22(20)28)13-25-23(29)32-19-9-7-18(8-10-19)27(30)31/h1-12,14H,13H2,(H-,25,29,30,31)/p+1. The Balaban J connectivity index is 1.59. The van der Waals surface area contributed by atoms with Crippen LogP contribution in [0.25, 0.3) is 16.6 Å². The predicted octanol–water partition coefficient (Wildman–Crippen LogP) is 4.73. The van der Waals surface area contributed by atoms with Gasteiger partial charge < -0.3 is 14.6 Å². The third kappa shape index (κ3) is 4.45. The molecular weight excluding hydrogens is 434 g/mol. The lowest BCUT2D eigenvalue weighted by Gasteiger charge is -2.14. The molecule has 0 radical (unpaired) electrons. The zero-order chi connectivity index (χ0) is 22.7. The van der Waals surface area contributed by atoms with Gasteiger partial charge in [-0.1, -0.05) is 29.8 Å². The van der Waals surface area contributed by atoms with Gasteiger partial charge >= 0.3 is 11.8 Å². The first-order valence-electron chi connectivity index (χ1n) is 9.53. The van der Waals surface area contributed by atoms with Crippen molar-refractivity contribution >= 4 is 34.3 Å². The first kappa shape index (κ1) is 21.1. The molecule has 0 fully saturated rings. The molecule has 0 bridgehead atoms. The lowest BCUT2D eigenvalue weighted by atomic mass is 10.1. The number of ether oxygens (including phenoxy) is 1. The molecule has 2 N–H and O–H groups in total. The van der Waals surface area contributed by atoms with Crippen molar-refractivity contribution in [2.24, 2.45) is 0 Å². The molecule has 160 valence electrons. The topological polar surface area (TPSA) is 101 Å². The van der Waals surface area contributed by atoms with E-state index < -0.39 is 6.09 Å². The normalized spacial score (nSPS) is 10.7. The van der Waals surface area contributed by atoms with E-state index in [9.17, 15) is 14.5 Å². The number of nitrogens with zero attached hydrogens (tertiary/aromatic N) is 2. The van der Waals surface area contributed by atoms with Gasteiger partial charge in [0.1, 0.15) is 5.75 Å². The van der Waals surface area contributed by atoms with Crippen LogP contribution in [0.15, 0.2) is 83.8 Å². The van der Waals surface area contributed by atoms with Crippen molar-refractivity contribution in [2.45, 2.75) is 6.54 Å². The number of fused-ring (bicyclic) bond motifs is 1. The molecule has 1 amide bonds. The van der Waals surface area contributed by atoms with Crippen LogP contribution in [0, 0.1) is 4.91 Å². The van der Waals surface area contributed by atoms with Gasteiger partial charge in [0, 0.05) is 40.0 Å². The molecule has 4 rings (SSSR count). The summed E-state index contributed by atoms with van der Waals surface area (Å²) in [6.07, 6.45) is 0.887. The summed E-state index contributed by atoms with van der Waals surface area (Å²) in [5, 5.41) is 12.4. The Morgan fingerprint density at radius 3 is 2.47 bits per heavy atom. The number of nitrogens with one attached hydrogen (secondary N) is 1. The first-order valence-corrected chi connectivity index (χ1v) is 9.91. The molecule has 0 unspecified atom stereocenters. The molecule has 8 nitrogen and oxygen atoms in total. The predicted molar refractivity (Wildman–Crippen MR) is 119 cm³/mol. The van der Waals surface area contributed by atoms with Crippen LogP contribution in [0.2, 0.25) is 5.02 Å². The lowest BCUT2D eigenvalue weighted by molar-refractivity contribution is -0.729. The summed E-state index contributed by atoms with van der Waals surface area (Å²) in [6, 6.07) is 19.8. The zero-order valence-corrected chi connectivity index (χ0v) is 17.3. The molecule has 1 heterocycles. The fourth-order valence-corrected chi connectivity index (χ4v) is 3.40. The van der Waals surface area contributed by atoms with Crippen LogP contribution in [0.3, 0.4) is 0 Å². The quantitative estimate of drug-likeness (QED) is 0.428. The number of carbonyl (C=O) groups is 1. The summed E-state index contributed by atoms with van der Waals surface area (Å²) in [6.45, 7) is -0.0634. The highest BCUT2D eigenvalue weighted by Crippen LogP contribution is 2.21. The number of pyridine rings is 1. The third-order valence-electron chi connectivity index (χ3n) is 4.77. The van der Waals surface area contributed by atoms with Gasteiger partial charge in [-0.2, -0.15) is 0 Å². The molecule has 32 heavy (non-hydrogen) atoms. The van der Waals surface area contributed by atoms with Gasteiger partial charge in [-0.25, -0.2) is 10.0 Å². The van der Waals surface area contributed by atoms with Crippen LogP contribution in [0.4, 0.5) is 10.5 Å². The van der Waals surface area contributed by atoms with E-state index in [1.165, 1.54) is 24.3 Å². The van der Waals surface area contributed by atoms with Crippen LogP contribution in [0.5, 0.6) is 5.75 Å². The van der Waals surface area contributed by atoms with Gasteiger partial charge in [0.25, 0.3) is 4.92 Å². The second-order valence-electron chi connectivity index (χ2n) is 6.86. The smallest absolute Gasteiger partial charge is 0.410 e. The summed E-state index contributed by atoms with van der Waals surface area (Å²) in [5.41, 5.74) is 1.61. The third-order valence-corrected chi connectivity index (χ3v) is 5.00. The molecule has 0 aliphatic carbocycles. The van der Waals surface area contributed by atoms with Gasteiger partial charge in [0.05, 0.1) is 17.0 Å². The van der Waals surface area contributed by atoms with E-state index in [4.69, 9.17) is 21.5 Å². The maximum Gasteiger partial charge on any atom is 0.412 e. The minimum absolute atomic E-state index is 0.00418. The summed E-state index contributed by atoms with van der Waals surface area (Å²) >= 11 is 6.15. The van der Waals surface area contributed by atoms with E-state index in [-0.39, 0.29) is 28.3 Å². The monoisotopic (exact) mass is 450 g/mol. The van der Waals surface area contributed by atoms with Crippen molar-refractivity contribution in [3.8, 4) is 11.4 Å². The van der Waals surface area contributed by atoms with Gasteiger partial charge in [-0.05, 0) is 42.5 Å². The van der Waals surface area contributed by atoms with Crippen molar-refractivity contribution < 1.29 is 19.7 Å². The Morgan fingerprint density at radius 2 is 1.78 bits per heavy atom. The minimum atomic E-state index is -0.775. The molecule has 3 aromatic carbocycles. The SMILES string of the molecule is O=C(NCc1cn(-c2ccccc2)c2cc(Cl)ccc2c1=O)Oc1ccc([N+](=O)O)cc1. The molecule has 0 saturated heterocycles. The summed E-state index contributed by atoms with van der Waals surface area (Å²) < 4.78 is 6.99. The number of carbonyl (C=O) groups excluding carboxylic acids is 1. The largest absolute Gasteiger partial charge is 0.412 e. The highest BCUT2D eigenvalue weighted by Gasteiger charge is 2.14. The van der Waals surface area contributed by atoms with Gasteiger partial charge in [-0.3, -0.25) is 4.79 Å². The minimum Gasteiger partial charge on any atom is -0.410 e. The summed E-state index contributed by atoms with van der Waals surface area (Å²) in [5.74, 6) is 0.169. The number of amides is 1. The Bertz CT molecular complexity index is 1370. The fourth-order valence-electron chi connectivity index (χ4n) is 3.23. The van der Waals surface area contributed by atoms with Crippen molar-refractivity contribution in [3.63, 3.8) is 0 Å². The second kappa shape index (κ2) is 8.91. The Hall–Kier alpha value is -4.17.